The maximum absolute atomic E-state index is 13.6. The summed E-state index contributed by atoms with van der Waals surface area (Å²) in [5.41, 5.74) is -1.81. The van der Waals surface area contributed by atoms with Gasteiger partial charge in [0.05, 0.1) is 34.3 Å². The van der Waals surface area contributed by atoms with E-state index in [1.165, 1.54) is 18.9 Å². The number of esters is 2. The molecule has 1 aromatic carbocycles. The summed E-state index contributed by atoms with van der Waals surface area (Å²) in [4.78, 5) is 27.2. The molecule has 1 aliphatic heterocycles. The van der Waals surface area contributed by atoms with Crippen molar-refractivity contribution in [1.29, 1.82) is 5.26 Å². The molecule has 0 aromatic heterocycles. The highest BCUT2D eigenvalue weighted by Gasteiger charge is 2.57. The predicted molar refractivity (Wildman–Crippen MR) is 134 cm³/mol. The fourth-order valence-electron chi connectivity index (χ4n) is 3.49. The van der Waals surface area contributed by atoms with Crippen LogP contribution in [0.5, 0.6) is 0 Å². The molecule has 0 bridgehead atoms. The van der Waals surface area contributed by atoms with E-state index in [1.807, 2.05) is 30.3 Å². The zero-order valence-electron chi connectivity index (χ0n) is 20.4. The van der Waals surface area contributed by atoms with Crippen LogP contribution in [-0.2, 0) is 35.0 Å². The van der Waals surface area contributed by atoms with Gasteiger partial charge in [-0.1, -0.05) is 54.3 Å². The number of thiocarbonyl (C=S) groups is 1. The Hall–Kier alpha value is -1.99. The molecule has 1 heterocycles. The molecule has 0 aliphatic carbocycles. The summed E-state index contributed by atoms with van der Waals surface area (Å²) in [5.74, 6) is -1.09. The molecule has 1 aliphatic rings. The van der Waals surface area contributed by atoms with Crippen LogP contribution in [0.4, 0.5) is 0 Å². The van der Waals surface area contributed by atoms with Crippen molar-refractivity contribution in [3.63, 3.8) is 0 Å². The van der Waals surface area contributed by atoms with Gasteiger partial charge in [0.2, 0.25) is 0 Å². The van der Waals surface area contributed by atoms with Crippen molar-refractivity contribution in [2.24, 2.45) is 10.8 Å². The molecule has 0 N–H and O–H groups in total. The summed E-state index contributed by atoms with van der Waals surface area (Å²) >= 11 is 6.82. The molecule has 0 radical (unpaired) electrons. The smallest absolute Gasteiger partial charge is 0.313 e. The molecule has 1 fully saturated rings. The second-order valence-electron chi connectivity index (χ2n) is 9.28. The van der Waals surface area contributed by atoms with E-state index in [4.69, 9.17) is 31.2 Å². The van der Waals surface area contributed by atoms with Crippen LogP contribution in [0.25, 0.3) is 0 Å². The first-order chi connectivity index (χ1) is 16.0. The summed E-state index contributed by atoms with van der Waals surface area (Å²) in [6.07, 6.45) is 0.184. The molecule has 0 spiro atoms. The average molecular weight is 508 g/mol. The van der Waals surface area contributed by atoms with Gasteiger partial charge in [-0.3, -0.25) is 9.59 Å². The van der Waals surface area contributed by atoms with E-state index in [1.54, 1.807) is 27.7 Å². The van der Waals surface area contributed by atoms with Crippen LogP contribution in [0, 0.1) is 22.2 Å². The first kappa shape index (κ1) is 28.2. The number of epoxide rings is 1. The number of rotatable bonds is 13. The number of hydrogen-bond acceptors (Lipinski definition) is 9. The minimum atomic E-state index is -1.37. The Balaban J connectivity index is 2.46. The average Bonchev–Trinajstić information content (AvgIpc) is 3.62. The molecule has 3 atom stereocenters. The highest BCUT2D eigenvalue weighted by Crippen LogP contribution is 2.48. The Bertz CT molecular complexity index is 912. The molecule has 34 heavy (non-hydrogen) atoms. The van der Waals surface area contributed by atoms with E-state index in [9.17, 15) is 14.9 Å². The van der Waals surface area contributed by atoms with Crippen molar-refractivity contribution >= 4 is 40.1 Å². The van der Waals surface area contributed by atoms with Gasteiger partial charge in [-0.2, -0.15) is 5.26 Å². The van der Waals surface area contributed by atoms with Gasteiger partial charge in [0, 0.05) is 13.5 Å². The summed E-state index contributed by atoms with van der Waals surface area (Å²) < 4.78 is 21.0. The standard InChI is InChI=1S/C25H33NO6S2/c1-23(2,17-26)34-20(33)14-25(4,21(27)30-12-11-29-5)24(3,13-18-9-7-6-8-10-18)22(28)32-16-19-15-31-19/h6-10,19H,11-16H2,1-5H3. The largest absolute Gasteiger partial charge is 0.463 e. The van der Waals surface area contributed by atoms with E-state index in [2.05, 4.69) is 6.07 Å². The predicted octanol–water partition coefficient (Wildman–Crippen LogP) is 4.13. The number of nitrogens with zero attached hydrogens (tertiary/aromatic N) is 1. The molecule has 0 amide bonds. The van der Waals surface area contributed by atoms with Crippen molar-refractivity contribution in [1.82, 2.24) is 0 Å². The van der Waals surface area contributed by atoms with Crippen LogP contribution in [0.2, 0.25) is 0 Å². The molecule has 1 saturated heterocycles. The Labute approximate surface area is 211 Å². The molecule has 3 unspecified atom stereocenters. The normalized spacial score (nSPS) is 18.6. The maximum atomic E-state index is 13.6. The molecular weight excluding hydrogens is 474 g/mol. The highest BCUT2D eigenvalue weighted by atomic mass is 32.2. The Kier molecular flexibility index (Phi) is 10.1. The van der Waals surface area contributed by atoms with E-state index in [0.29, 0.717) is 10.8 Å². The monoisotopic (exact) mass is 507 g/mol. The van der Waals surface area contributed by atoms with E-state index >= 15 is 0 Å². The minimum absolute atomic E-state index is 0.0426. The SMILES string of the molecule is COCCOC(=O)C(C)(CC(=S)SC(C)(C)C#N)C(C)(Cc1ccccc1)C(=O)OCC1CO1. The zero-order chi connectivity index (χ0) is 25.4. The van der Waals surface area contributed by atoms with Crippen LogP contribution in [0.1, 0.15) is 39.7 Å². The van der Waals surface area contributed by atoms with Gasteiger partial charge in [0.25, 0.3) is 0 Å². The lowest BCUT2D eigenvalue weighted by Gasteiger charge is -2.43. The molecule has 9 heteroatoms. The van der Waals surface area contributed by atoms with Gasteiger partial charge in [-0.25, -0.2) is 0 Å². The van der Waals surface area contributed by atoms with Gasteiger partial charge in [-0.05, 0) is 39.7 Å². The summed E-state index contributed by atoms with van der Waals surface area (Å²) in [7, 11) is 1.51. The first-order valence-electron chi connectivity index (χ1n) is 11.1. The van der Waals surface area contributed by atoms with Gasteiger partial charge in [0.1, 0.15) is 24.1 Å². The number of carbonyl (C=O) groups excluding carboxylic acids is 2. The van der Waals surface area contributed by atoms with Gasteiger partial charge in [0.15, 0.2) is 0 Å². The van der Waals surface area contributed by atoms with Gasteiger partial charge < -0.3 is 18.9 Å². The lowest BCUT2D eigenvalue weighted by molar-refractivity contribution is -0.179. The number of carbonyl (C=O) groups is 2. The molecular formula is C25H33NO6S2. The summed E-state index contributed by atoms with van der Waals surface area (Å²) in [5, 5.41) is 9.44. The van der Waals surface area contributed by atoms with Crippen molar-refractivity contribution in [2.45, 2.75) is 51.4 Å². The number of hydrogen-bond donors (Lipinski definition) is 0. The maximum Gasteiger partial charge on any atom is 0.313 e. The zero-order valence-corrected chi connectivity index (χ0v) is 22.1. The Morgan fingerprint density at radius 3 is 2.29 bits per heavy atom. The second kappa shape index (κ2) is 12.1. The second-order valence-corrected chi connectivity index (χ2v) is 11.8. The van der Waals surface area contributed by atoms with Crippen LogP contribution in [0.3, 0.4) is 0 Å². The van der Waals surface area contributed by atoms with Crippen LogP contribution in [0.15, 0.2) is 30.3 Å². The highest BCUT2D eigenvalue weighted by molar-refractivity contribution is 8.24. The lowest BCUT2D eigenvalue weighted by atomic mass is 9.61. The van der Waals surface area contributed by atoms with Crippen LogP contribution >= 0.6 is 24.0 Å². The Morgan fingerprint density at radius 1 is 1.12 bits per heavy atom. The minimum Gasteiger partial charge on any atom is -0.463 e. The third-order valence-electron chi connectivity index (χ3n) is 5.98. The van der Waals surface area contributed by atoms with Gasteiger partial charge >= 0.3 is 11.9 Å². The molecule has 7 nitrogen and oxygen atoms in total. The number of methoxy groups -OCH3 is 1. The van der Waals surface area contributed by atoms with Crippen molar-refractivity contribution in [3.8, 4) is 6.07 Å². The number of thioether (sulfide) groups is 1. The number of benzene rings is 1. The number of ether oxygens (including phenoxy) is 4. The van der Waals surface area contributed by atoms with E-state index in [-0.39, 0.29) is 38.8 Å². The van der Waals surface area contributed by atoms with Crippen molar-refractivity contribution in [2.75, 3.05) is 33.5 Å². The van der Waals surface area contributed by atoms with Gasteiger partial charge in [-0.15, -0.1) is 0 Å². The van der Waals surface area contributed by atoms with Crippen LogP contribution < -0.4 is 0 Å². The molecule has 186 valence electrons. The Morgan fingerprint density at radius 2 is 1.74 bits per heavy atom. The fourth-order valence-corrected chi connectivity index (χ4v) is 5.38. The lowest BCUT2D eigenvalue weighted by Crippen LogP contribution is -2.53. The fraction of sp³-hybridized carbons (Fsp3) is 0.600. The molecule has 2 rings (SSSR count). The molecule has 1 aromatic rings. The van der Waals surface area contributed by atoms with E-state index in [0.717, 1.165) is 5.56 Å². The third-order valence-corrected chi connectivity index (χ3v) is 7.35. The molecule has 0 saturated carbocycles. The topological polar surface area (TPSA) is 98.2 Å². The number of nitriles is 1. The van der Waals surface area contributed by atoms with Crippen molar-refractivity contribution in [3.05, 3.63) is 35.9 Å². The van der Waals surface area contributed by atoms with Crippen molar-refractivity contribution < 1.29 is 28.5 Å². The van der Waals surface area contributed by atoms with E-state index < -0.39 is 27.5 Å². The van der Waals surface area contributed by atoms with Crippen LogP contribution in [-0.4, -0.2) is 60.5 Å². The third kappa shape index (κ3) is 7.51. The summed E-state index contributed by atoms with van der Waals surface area (Å²) in [6.45, 7) is 7.85. The summed E-state index contributed by atoms with van der Waals surface area (Å²) in [6, 6.07) is 11.7. The first-order valence-corrected chi connectivity index (χ1v) is 12.3. The quantitative estimate of drug-likeness (QED) is 0.169.